The van der Waals surface area contributed by atoms with Crippen molar-refractivity contribution in [2.24, 2.45) is 12.2 Å². The quantitative estimate of drug-likeness (QED) is 0.261. The Morgan fingerprint density at radius 2 is 1.79 bits per heavy atom. The van der Waals surface area contributed by atoms with Gasteiger partial charge in [-0.2, -0.15) is 0 Å². The summed E-state index contributed by atoms with van der Waals surface area (Å²) >= 11 is 5.46. The summed E-state index contributed by atoms with van der Waals surface area (Å²) in [6, 6.07) is 12.9. The summed E-state index contributed by atoms with van der Waals surface area (Å²) in [5, 5.41) is 14.5. The lowest BCUT2D eigenvalue weighted by Crippen LogP contribution is -2.42. The van der Waals surface area contributed by atoms with Gasteiger partial charge in [-0.1, -0.05) is 18.2 Å². The first-order valence-corrected chi connectivity index (χ1v) is 13.1. The Morgan fingerprint density at radius 1 is 1.13 bits per heavy atom. The number of aromatic nitrogens is 2. The van der Waals surface area contributed by atoms with Gasteiger partial charge in [-0.15, -0.1) is 0 Å². The van der Waals surface area contributed by atoms with Crippen molar-refractivity contribution >= 4 is 56.6 Å². The number of carbonyl (C=O) groups excluding carboxylic acids is 3. The molecule has 2 aromatic carbocycles. The third-order valence-electron chi connectivity index (χ3n) is 5.86. The van der Waals surface area contributed by atoms with Crippen molar-refractivity contribution in [1.82, 2.24) is 15.1 Å². The molecule has 4 rings (SSSR count). The molecule has 13 nitrogen and oxygen atoms in total. The number of rotatable bonds is 8. The van der Waals surface area contributed by atoms with Gasteiger partial charge in [0.25, 0.3) is 17.5 Å². The predicted octanol–water partition coefficient (Wildman–Crippen LogP) is 0.355. The fourth-order valence-corrected chi connectivity index (χ4v) is 4.61. The van der Waals surface area contributed by atoms with Gasteiger partial charge in [0, 0.05) is 18.3 Å². The first kappa shape index (κ1) is 26.8. The van der Waals surface area contributed by atoms with E-state index in [0.29, 0.717) is 16.9 Å². The summed E-state index contributed by atoms with van der Waals surface area (Å²) < 4.78 is 29.6. The molecule has 2 heterocycles. The zero-order valence-corrected chi connectivity index (χ0v) is 22.0. The maximum Gasteiger partial charge on any atom is 0.307 e. The van der Waals surface area contributed by atoms with Crippen LogP contribution in [0.4, 0.5) is 11.6 Å². The molecule has 38 heavy (non-hydrogen) atoms. The molecule has 1 aliphatic heterocycles. The molecule has 3 amide bonds. The van der Waals surface area contributed by atoms with Gasteiger partial charge in [0.1, 0.15) is 12.6 Å². The average molecular weight is 559 g/mol. The van der Waals surface area contributed by atoms with Crippen molar-refractivity contribution < 1.29 is 32.0 Å². The first-order valence-electron chi connectivity index (χ1n) is 11.2. The maximum absolute atomic E-state index is 13.0. The zero-order valence-electron chi connectivity index (χ0n) is 20.3. The van der Waals surface area contributed by atoms with Gasteiger partial charge in [-0.25, -0.2) is 13.6 Å². The van der Waals surface area contributed by atoms with E-state index in [9.17, 15) is 22.8 Å². The molecule has 1 unspecified atom stereocenters. The van der Waals surface area contributed by atoms with Crippen molar-refractivity contribution in [1.29, 1.82) is 0 Å². The van der Waals surface area contributed by atoms with Crippen molar-refractivity contribution in [3.05, 3.63) is 65.9 Å². The number of sulfonamides is 1. The van der Waals surface area contributed by atoms with Crippen molar-refractivity contribution in [2.75, 3.05) is 17.7 Å². The molecular formula is C23H24N7O6S2+. The van der Waals surface area contributed by atoms with Gasteiger partial charge in [-0.3, -0.25) is 29.1 Å². The molecule has 0 bridgehead atoms. The van der Waals surface area contributed by atoms with Crippen molar-refractivity contribution in [3.63, 3.8) is 0 Å². The van der Waals surface area contributed by atoms with Crippen molar-refractivity contribution in [2.45, 2.75) is 23.9 Å². The van der Waals surface area contributed by atoms with Gasteiger partial charge < -0.3 is 10.2 Å². The third-order valence-corrected chi connectivity index (χ3v) is 7.30. The number of nitrogens with zero attached hydrogens (tertiary/aromatic N) is 4. The lowest BCUT2D eigenvalue weighted by atomic mass is 10.1. The van der Waals surface area contributed by atoms with Gasteiger partial charge in [0.15, 0.2) is 12.2 Å². The number of nitrogens with two attached hydrogens (primary N) is 1. The highest BCUT2D eigenvalue weighted by Gasteiger charge is 2.43. The number of thiocarbonyl (C=S) groups is 1. The Morgan fingerprint density at radius 3 is 2.42 bits per heavy atom. The molecule has 1 aromatic heterocycles. The summed E-state index contributed by atoms with van der Waals surface area (Å²) in [6.07, 6.45) is -0.249. The number of nitrogens with one attached hydrogen (secondary N) is 2. The van der Waals surface area contributed by atoms with Gasteiger partial charge in [0.2, 0.25) is 21.2 Å². The summed E-state index contributed by atoms with van der Waals surface area (Å²) in [5.41, 5.74) is 1.16. The number of amides is 3. The zero-order chi connectivity index (χ0) is 27.6. The number of primary sulfonamides is 1. The van der Waals surface area contributed by atoms with Crippen LogP contribution in [0.25, 0.3) is 0 Å². The molecule has 3 aromatic rings. The van der Waals surface area contributed by atoms with Crippen LogP contribution < -0.4 is 20.5 Å². The second kappa shape index (κ2) is 10.6. The monoisotopic (exact) mass is 558 g/mol. The molecule has 1 atom stereocenters. The van der Waals surface area contributed by atoms with Crippen LogP contribution in [0, 0.1) is 0 Å². The standard InChI is InChI=1S/C23H23N7O6S2/c1-28-22(33)17(12-19(31)25-15-8-10-16(11-9-15)38(24,34)35)30(23(28)37)13-18-21(36-27-29(18)2)26-20(32)14-6-4-3-5-7-14/h3-11,17H,12-13H2,1-2H3,(H3-,24,25,26,27,31,32,34,35)/p+1. The third kappa shape index (κ3) is 5.69. The number of benzene rings is 2. The molecular weight excluding hydrogens is 534 g/mol. The van der Waals surface area contributed by atoms with E-state index in [1.807, 2.05) is 0 Å². The minimum atomic E-state index is -3.87. The molecule has 1 saturated heterocycles. The summed E-state index contributed by atoms with van der Waals surface area (Å²) in [5.74, 6) is -1.22. The second-order valence-electron chi connectivity index (χ2n) is 8.44. The largest absolute Gasteiger partial charge is 0.326 e. The normalized spacial score (nSPS) is 15.6. The number of hydrogen-bond acceptors (Lipinski definition) is 8. The fourth-order valence-electron chi connectivity index (χ4n) is 3.81. The van der Waals surface area contributed by atoms with E-state index < -0.39 is 27.9 Å². The maximum atomic E-state index is 13.0. The van der Waals surface area contributed by atoms with Crippen LogP contribution in [-0.4, -0.2) is 59.4 Å². The second-order valence-corrected chi connectivity index (χ2v) is 10.4. The highest BCUT2D eigenvalue weighted by molar-refractivity contribution is 7.89. The Hall–Kier alpha value is -4.21. The highest BCUT2D eigenvalue weighted by Crippen LogP contribution is 2.24. The summed E-state index contributed by atoms with van der Waals surface area (Å²) in [7, 11) is -0.761. The number of anilines is 2. The average Bonchev–Trinajstić information content (AvgIpc) is 3.31. The number of hydrogen-bond donors (Lipinski definition) is 3. The van der Waals surface area contributed by atoms with Gasteiger partial charge >= 0.3 is 5.88 Å². The van der Waals surface area contributed by atoms with Crippen LogP contribution in [0.2, 0.25) is 0 Å². The first-order chi connectivity index (χ1) is 18.0. The molecule has 198 valence electrons. The minimum absolute atomic E-state index is 0.0142. The molecule has 1 fully saturated rings. The van der Waals surface area contributed by atoms with Gasteiger partial charge in [0.05, 0.1) is 11.3 Å². The van der Waals surface area contributed by atoms with Crippen molar-refractivity contribution in [3.8, 4) is 0 Å². The lowest BCUT2D eigenvalue weighted by molar-refractivity contribution is -0.746. The summed E-state index contributed by atoms with van der Waals surface area (Å²) in [4.78, 5) is 41.1. The van der Waals surface area contributed by atoms with Crippen LogP contribution in [-0.2, 0) is 33.2 Å². The fraction of sp³-hybridized carbons (Fsp3) is 0.217. The minimum Gasteiger partial charge on any atom is -0.326 e. The molecule has 1 aliphatic rings. The lowest BCUT2D eigenvalue weighted by Gasteiger charge is -2.21. The molecule has 0 aliphatic carbocycles. The number of carbonyl (C=O) groups is 3. The molecule has 4 N–H and O–H groups in total. The van der Waals surface area contributed by atoms with Crippen LogP contribution in [0.3, 0.4) is 0 Å². The Labute approximate surface area is 223 Å². The van der Waals surface area contributed by atoms with E-state index in [-0.39, 0.29) is 34.8 Å². The van der Waals surface area contributed by atoms with E-state index in [0.717, 1.165) is 0 Å². The van der Waals surface area contributed by atoms with Crippen LogP contribution in [0.5, 0.6) is 0 Å². The molecule has 0 spiro atoms. The van der Waals surface area contributed by atoms with E-state index in [2.05, 4.69) is 15.9 Å². The SMILES string of the molecule is CN1C(=O)C(CC(=O)Nc2ccc(S(N)(=O)=O)cc2)N(Cc2c(NC(=O)c3ccccc3)on[n+]2C)C1=S. The Bertz CT molecular complexity index is 1510. The van der Waals surface area contributed by atoms with E-state index >= 15 is 0 Å². The van der Waals surface area contributed by atoms with Gasteiger partial charge in [-0.05, 0) is 53.3 Å². The van der Waals surface area contributed by atoms with E-state index in [4.69, 9.17) is 21.9 Å². The molecule has 15 heteroatoms. The van der Waals surface area contributed by atoms with Crippen LogP contribution in [0.1, 0.15) is 22.5 Å². The Balaban J connectivity index is 1.50. The molecule has 0 radical (unpaired) electrons. The van der Waals surface area contributed by atoms with E-state index in [1.165, 1.54) is 40.9 Å². The highest BCUT2D eigenvalue weighted by atomic mass is 32.2. The number of aryl methyl sites for hydroxylation is 1. The summed E-state index contributed by atoms with van der Waals surface area (Å²) in [6.45, 7) is 0.0142. The van der Waals surface area contributed by atoms with Crippen LogP contribution in [0.15, 0.2) is 64.0 Å². The number of likely N-dealkylation sites (N-methyl/N-ethyl adjacent to an activating group) is 1. The smallest absolute Gasteiger partial charge is 0.307 e. The van der Waals surface area contributed by atoms with Crippen LogP contribution >= 0.6 is 12.2 Å². The Kier molecular flexibility index (Phi) is 7.52. The van der Waals surface area contributed by atoms with E-state index in [1.54, 1.807) is 42.3 Å². The topological polar surface area (TPSA) is 172 Å². The molecule has 0 saturated carbocycles. The predicted molar refractivity (Wildman–Crippen MR) is 138 cm³/mol.